The summed E-state index contributed by atoms with van der Waals surface area (Å²) in [7, 11) is 0. The van der Waals surface area contributed by atoms with Gasteiger partial charge in [-0.05, 0) is 6.26 Å². The maximum atomic E-state index is 11.7. The fraction of sp³-hybridized carbons (Fsp3) is 0.727. The molecular weight excluding hydrogens is 236 g/mol. The molecule has 0 aliphatic heterocycles. The number of H-pyrrole nitrogens is 1. The van der Waals surface area contributed by atoms with Crippen LogP contribution in [0.15, 0.2) is 0 Å². The SMILES string of the molecule is CSC(C)CNC(=O)c1n[nH]c(C(C)(C)C)n1. The number of carbonyl (C=O) groups is 1. The predicted octanol–water partition coefficient (Wildman–Crippen LogP) is 1.58. The maximum absolute atomic E-state index is 11.7. The number of nitrogens with zero attached hydrogens (tertiary/aromatic N) is 2. The first-order chi connectivity index (χ1) is 7.84. The van der Waals surface area contributed by atoms with Crippen molar-refractivity contribution in [1.82, 2.24) is 20.5 Å². The Morgan fingerprint density at radius 3 is 2.65 bits per heavy atom. The minimum Gasteiger partial charge on any atom is -0.348 e. The van der Waals surface area contributed by atoms with Crippen molar-refractivity contribution < 1.29 is 4.79 Å². The lowest BCUT2D eigenvalue weighted by atomic mass is 9.96. The smallest absolute Gasteiger partial charge is 0.290 e. The van der Waals surface area contributed by atoms with Crippen molar-refractivity contribution in [2.75, 3.05) is 12.8 Å². The van der Waals surface area contributed by atoms with Gasteiger partial charge in [0, 0.05) is 17.2 Å². The fourth-order valence-corrected chi connectivity index (χ4v) is 1.35. The van der Waals surface area contributed by atoms with E-state index in [1.807, 2.05) is 27.0 Å². The molecule has 1 heterocycles. The number of hydrogen-bond donors (Lipinski definition) is 2. The lowest BCUT2D eigenvalue weighted by Crippen LogP contribution is -2.30. The highest BCUT2D eigenvalue weighted by Gasteiger charge is 2.21. The van der Waals surface area contributed by atoms with Crippen LogP contribution in [0.5, 0.6) is 0 Å². The Balaban J connectivity index is 2.61. The molecule has 0 aromatic carbocycles. The van der Waals surface area contributed by atoms with Gasteiger partial charge in [-0.1, -0.05) is 27.7 Å². The topological polar surface area (TPSA) is 70.7 Å². The molecule has 0 saturated heterocycles. The molecule has 0 fully saturated rings. The molecule has 96 valence electrons. The summed E-state index contributed by atoms with van der Waals surface area (Å²) in [5.41, 5.74) is -0.127. The van der Waals surface area contributed by atoms with E-state index in [2.05, 4.69) is 27.4 Å². The highest BCUT2D eigenvalue weighted by atomic mass is 32.2. The molecule has 2 N–H and O–H groups in total. The van der Waals surface area contributed by atoms with Gasteiger partial charge in [0.2, 0.25) is 5.82 Å². The highest BCUT2D eigenvalue weighted by molar-refractivity contribution is 7.99. The fourth-order valence-electron chi connectivity index (χ4n) is 1.10. The van der Waals surface area contributed by atoms with E-state index in [0.29, 0.717) is 11.8 Å². The van der Waals surface area contributed by atoms with Gasteiger partial charge in [0.1, 0.15) is 5.82 Å². The number of thioether (sulfide) groups is 1. The van der Waals surface area contributed by atoms with Crippen molar-refractivity contribution >= 4 is 17.7 Å². The molecule has 1 atom stereocenters. The Morgan fingerprint density at radius 1 is 1.53 bits per heavy atom. The molecule has 1 rings (SSSR count). The van der Waals surface area contributed by atoms with E-state index < -0.39 is 0 Å². The summed E-state index contributed by atoms with van der Waals surface area (Å²) in [5, 5.41) is 9.93. The van der Waals surface area contributed by atoms with Gasteiger partial charge in [-0.25, -0.2) is 4.98 Å². The molecule has 0 spiro atoms. The molecule has 0 bridgehead atoms. The summed E-state index contributed by atoms with van der Waals surface area (Å²) in [4.78, 5) is 15.9. The normalized spacial score (nSPS) is 13.5. The number of aromatic amines is 1. The van der Waals surface area contributed by atoms with Gasteiger partial charge in [0.05, 0.1) is 0 Å². The molecule has 1 amide bonds. The van der Waals surface area contributed by atoms with E-state index in [0.717, 1.165) is 5.82 Å². The van der Waals surface area contributed by atoms with E-state index in [9.17, 15) is 4.79 Å². The third-order valence-corrected chi connectivity index (χ3v) is 3.32. The van der Waals surface area contributed by atoms with Crippen LogP contribution in [0, 0.1) is 0 Å². The van der Waals surface area contributed by atoms with Crippen LogP contribution in [0.1, 0.15) is 44.1 Å². The standard InChI is InChI=1S/C11H20N4OS/c1-7(17-5)6-12-9(16)8-13-10(15-14-8)11(2,3)4/h7H,6H2,1-5H3,(H,12,16)(H,13,14,15). The van der Waals surface area contributed by atoms with E-state index in [1.165, 1.54) is 0 Å². The maximum Gasteiger partial charge on any atom is 0.290 e. The number of rotatable bonds is 4. The minimum atomic E-state index is -0.224. The van der Waals surface area contributed by atoms with Crippen LogP contribution in [0.2, 0.25) is 0 Å². The summed E-state index contributed by atoms with van der Waals surface area (Å²) in [6, 6.07) is 0. The van der Waals surface area contributed by atoms with Crippen LogP contribution in [0.25, 0.3) is 0 Å². The average Bonchev–Trinajstić information content (AvgIpc) is 2.74. The number of amides is 1. The first-order valence-corrected chi connectivity index (χ1v) is 6.87. The largest absolute Gasteiger partial charge is 0.348 e. The molecule has 0 aliphatic carbocycles. The molecule has 1 aromatic heterocycles. The Kier molecular flexibility index (Phi) is 4.56. The second-order valence-corrected chi connectivity index (χ2v) is 6.29. The molecule has 6 heteroatoms. The Morgan fingerprint density at radius 2 is 2.18 bits per heavy atom. The number of carbonyl (C=O) groups excluding carboxylic acids is 1. The van der Waals surface area contributed by atoms with E-state index in [1.54, 1.807) is 11.8 Å². The molecule has 0 saturated carbocycles. The second kappa shape index (κ2) is 5.53. The first kappa shape index (κ1) is 14.0. The predicted molar refractivity (Wildman–Crippen MR) is 70.4 cm³/mol. The van der Waals surface area contributed by atoms with Gasteiger partial charge in [0.25, 0.3) is 5.91 Å². The van der Waals surface area contributed by atoms with Crippen LogP contribution >= 0.6 is 11.8 Å². The monoisotopic (exact) mass is 256 g/mol. The number of hydrogen-bond acceptors (Lipinski definition) is 4. The minimum absolute atomic E-state index is 0.127. The molecule has 17 heavy (non-hydrogen) atoms. The zero-order chi connectivity index (χ0) is 13.1. The van der Waals surface area contributed by atoms with Gasteiger partial charge in [-0.15, -0.1) is 5.10 Å². The summed E-state index contributed by atoms with van der Waals surface area (Å²) in [6.07, 6.45) is 2.02. The van der Waals surface area contributed by atoms with Crippen LogP contribution in [0.3, 0.4) is 0 Å². The van der Waals surface area contributed by atoms with Crippen molar-refractivity contribution in [2.45, 2.75) is 38.4 Å². The average molecular weight is 256 g/mol. The Hall–Kier alpha value is -1.04. The Labute approximate surface area is 106 Å². The lowest BCUT2D eigenvalue weighted by Gasteiger charge is -2.12. The van der Waals surface area contributed by atoms with E-state index in [4.69, 9.17) is 0 Å². The lowest BCUT2D eigenvalue weighted by molar-refractivity contribution is 0.0944. The van der Waals surface area contributed by atoms with Crippen LogP contribution < -0.4 is 5.32 Å². The van der Waals surface area contributed by atoms with Gasteiger partial charge in [-0.2, -0.15) is 11.8 Å². The van der Waals surface area contributed by atoms with Crippen molar-refractivity contribution in [3.63, 3.8) is 0 Å². The van der Waals surface area contributed by atoms with Crippen LogP contribution in [-0.4, -0.2) is 39.1 Å². The molecule has 1 aromatic rings. The Bertz CT molecular complexity index is 383. The zero-order valence-corrected chi connectivity index (χ0v) is 11.8. The van der Waals surface area contributed by atoms with Crippen molar-refractivity contribution in [1.29, 1.82) is 0 Å². The van der Waals surface area contributed by atoms with Gasteiger partial charge in [-0.3, -0.25) is 9.89 Å². The summed E-state index contributed by atoms with van der Waals surface area (Å²) >= 11 is 1.71. The van der Waals surface area contributed by atoms with Crippen molar-refractivity contribution in [3.05, 3.63) is 11.6 Å². The van der Waals surface area contributed by atoms with E-state index in [-0.39, 0.29) is 17.1 Å². The van der Waals surface area contributed by atoms with Crippen LogP contribution in [-0.2, 0) is 5.41 Å². The van der Waals surface area contributed by atoms with E-state index >= 15 is 0 Å². The highest BCUT2D eigenvalue weighted by Crippen LogP contribution is 2.17. The molecule has 0 aliphatic rings. The first-order valence-electron chi connectivity index (χ1n) is 5.58. The molecular formula is C11H20N4OS. The molecule has 5 nitrogen and oxygen atoms in total. The second-order valence-electron chi connectivity index (χ2n) is 5.01. The molecule has 1 unspecified atom stereocenters. The number of nitrogens with one attached hydrogen (secondary N) is 2. The summed E-state index contributed by atoms with van der Waals surface area (Å²) in [6.45, 7) is 8.74. The quantitative estimate of drug-likeness (QED) is 0.858. The van der Waals surface area contributed by atoms with Crippen molar-refractivity contribution in [2.24, 2.45) is 0 Å². The third-order valence-electron chi connectivity index (χ3n) is 2.35. The van der Waals surface area contributed by atoms with Gasteiger partial charge < -0.3 is 5.32 Å². The number of aromatic nitrogens is 3. The van der Waals surface area contributed by atoms with Crippen molar-refractivity contribution in [3.8, 4) is 0 Å². The van der Waals surface area contributed by atoms with Gasteiger partial charge in [0.15, 0.2) is 0 Å². The van der Waals surface area contributed by atoms with Crippen LogP contribution in [0.4, 0.5) is 0 Å². The third kappa shape index (κ3) is 4.03. The van der Waals surface area contributed by atoms with Gasteiger partial charge >= 0.3 is 0 Å². The summed E-state index contributed by atoms with van der Waals surface area (Å²) in [5.74, 6) is 0.710. The zero-order valence-electron chi connectivity index (χ0n) is 11.0. The molecule has 0 radical (unpaired) electrons. The summed E-state index contributed by atoms with van der Waals surface area (Å²) < 4.78 is 0.